The molecule has 1 atom stereocenters. The maximum absolute atomic E-state index is 14.0. The van der Waals surface area contributed by atoms with E-state index in [-0.39, 0.29) is 0 Å². The summed E-state index contributed by atoms with van der Waals surface area (Å²) in [6, 6.07) is 6.64. The van der Waals surface area contributed by atoms with E-state index >= 15 is 0 Å². The van der Waals surface area contributed by atoms with E-state index < -0.39 is 32.6 Å². The Morgan fingerprint density at radius 1 is 1.12 bits per heavy atom. The van der Waals surface area contributed by atoms with Gasteiger partial charge in [-0.05, 0) is 55.7 Å². The van der Waals surface area contributed by atoms with Gasteiger partial charge >= 0.3 is 0 Å². The van der Waals surface area contributed by atoms with Crippen molar-refractivity contribution >= 4 is 38.9 Å². The molecule has 1 unspecified atom stereocenters. The Labute approximate surface area is 160 Å². The maximum atomic E-state index is 14.0. The van der Waals surface area contributed by atoms with Gasteiger partial charge in [-0.1, -0.05) is 29.3 Å². The molecule has 2 aromatic carbocycles. The average molecular weight is 419 g/mol. The lowest BCUT2D eigenvalue weighted by molar-refractivity contribution is 0.321. The van der Waals surface area contributed by atoms with Gasteiger partial charge in [0, 0.05) is 0 Å². The third-order valence-electron chi connectivity index (χ3n) is 4.07. The van der Waals surface area contributed by atoms with E-state index in [0.717, 1.165) is 16.5 Å². The van der Waals surface area contributed by atoms with E-state index in [9.17, 15) is 17.2 Å². The lowest BCUT2D eigenvalue weighted by atomic mass is 10.0. The minimum Gasteiger partial charge on any atom is -0.207 e. The Bertz CT molecular complexity index is 996. The number of nitrogens with zero attached hydrogens (tertiary/aromatic N) is 2. The molecule has 1 aliphatic heterocycles. The molecule has 0 saturated heterocycles. The highest BCUT2D eigenvalue weighted by Crippen LogP contribution is 2.30. The fraction of sp³-hybridized carbons (Fsp3) is 0.235. The summed E-state index contributed by atoms with van der Waals surface area (Å²) in [7, 11) is -4.35. The molecule has 4 nitrogen and oxygen atoms in total. The standard InChI is InChI=1S/C17H14Cl2F2N2O2S/c1-10-2-7-16(11-3-5-13(18)14(19)8-11)22-23(10)26(24,25)17-9-12(20)4-6-15(17)21/h3-6,8-10H,2,7H2,1H3. The van der Waals surface area contributed by atoms with Crippen LogP contribution in [0.15, 0.2) is 46.4 Å². The van der Waals surface area contributed by atoms with Crippen LogP contribution in [-0.4, -0.2) is 24.6 Å². The van der Waals surface area contributed by atoms with E-state index in [1.54, 1.807) is 25.1 Å². The maximum Gasteiger partial charge on any atom is 0.282 e. The fourth-order valence-electron chi connectivity index (χ4n) is 2.67. The molecule has 26 heavy (non-hydrogen) atoms. The number of hydrogen-bond donors (Lipinski definition) is 0. The Morgan fingerprint density at radius 3 is 2.54 bits per heavy atom. The first-order chi connectivity index (χ1) is 12.2. The number of hydrogen-bond acceptors (Lipinski definition) is 3. The van der Waals surface area contributed by atoms with Gasteiger partial charge in [0.25, 0.3) is 10.0 Å². The van der Waals surface area contributed by atoms with Crippen molar-refractivity contribution < 1.29 is 17.2 Å². The second-order valence-electron chi connectivity index (χ2n) is 5.92. The van der Waals surface area contributed by atoms with Crippen molar-refractivity contribution in [1.82, 2.24) is 4.41 Å². The van der Waals surface area contributed by atoms with Crippen molar-refractivity contribution in [2.45, 2.75) is 30.7 Å². The number of hydrazone groups is 1. The first kappa shape index (κ1) is 19.1. The quantitative estimate of drug-likeness (QED) is 0.715. The molecular weight excluding hydrogens is 405 g/mol. The van der Waals surface area contributed by atoms with Crippen LogP contribution in [0.25, 0.3) is 0 Å². The van der Waals surface area contributed by atoms with Gasteiger partial charge < -0.3 is 0 Å². The van der Waals surface area contributed by atoms with E-state index in [4.69, 9.17) is 23.2 Å². The third kappa shape index (κ3) is 3.56. The molecule has 0 N–H and O–H groups in total. The van der Waals surface area contributed by atoms with Crippen LogP contribution in [0, 0.1) is 11.6 Å². The molecule has 0 spiro atoms. The number of halogens is 4. The van der Waals surface area contributed by atoms with Crippen LogP contribution in [0.1, 0.15) is 25.3 Å². The van der Waals surface area contributed by atoms with E-state index in [0.29, 0.717) is 40.2 Å². The lowest BCUT2D eigenvalue weighted by Gasteiger charge is -2.31. The Hall–Kier alpha value is -1.70. The molecule has 0 aromatic heterocycles. The predicted octanol–water partition coefficient (Wildman–Crippen LogP) is 4.85. The average Bonchev–Trinajstić information content (AvgIpc) is 2.59. The highest BCUT2D eigenvalue weighted by atomic mass is 35.5. The summed E-state index contributed by atoms with van der Waals surface area (Å²) in [4.78, 5) is -0.747. The largest absolute Gasteiger partial charge is 0.282 e. The molecule has 0 fully saturated rings. The molecule has 0 saturated carbocycles. The zero-order valence-corrected chi connectivity index (χ0v) is 15.9. The fourth-order valence-corrected chi connectivity index (χ4v) is 4.53. The highest BCUT2D eigenvalue weighted by Gasteiger charge is 2.34. The Kier molecular flexibility index (Phi) is 5.23. The van der Waals surface area contributed by atoms with Crippen LogP contribution < -0.4 is 0 Å². The van der Waals surface area contributed by atoms with Gasteiger partial charge in [-0.3, -0.25) is 0 Å². The van der Waals surface area contributed by atoms with E-state index in [1.807, 2.05) is 0 Å². The molecule has 0 bridgehead atoms. The molecular formula is C17H14Cl2F2N2O2S. The summed E-state index contributed by atoms with van der Waals surface area (Å²) < 4.78 is 54.0. The van der Waals surface area contributed by atoms with Crippen molar-refractivity contribution in [2.75, 3.05) is 0 Å². The molecule has 1 aliphatic rings. The smallest absolute Gasteiger partial charge is 0.207 e. The van der Waals surface area contributed by atoms with Crippen LogP contribution in [0.4, 0.5) is 8.78 Å². The molecule has 2 aromatic rings. The summed E-state index contributed by atoms with van der Waals surface area (Å²) in [6.07, 6.45) is 0.978. The van der Waals surface area contributed by atoms with Crippen molar-refractivity contribution in [3.05, 3.63) is 63.6 Å². The molecule has 1 heterocycles. The molecule has 0 amide bonds. The van der Waals surface area contributed by atoms with Gasteiger partial charge in [-0.2, -0.15) is 17.9 Å². The summed E-state index contributed by atoms with van der Waals surface area (Å²) in [5.41, 5.74) is 1.09. The van der Waals surface area contributed by atoms with Crippen LogP contribution in [0.2, 0.25) is 10.0 Å². The second kappa shape index (κ2) is 7.13. The molecule has 0 radical (unpaired) electrons. The number of sulfonamides is 1. The van der Waals surface area contributed by atoms with E-state index in [2.05, 4.69) is 5.10 Å². The minimum absolute atomic E-state index is 0.316. The summed E-state index contributed by atoms with van der Waals surface area (Å²) in [5, 5.41) is 4.88. The summed E-state index contributed by atoms with van der Waals surface area (Å²) in [6.45, 7) is 1.66. The Morgan fingerprint density at radius 2 is 1.85 bits per heavy atom. The van der Waals surface area contributed by atoms with E-state index in [1.165, 1.54) is 0 Å². The first-order valence-corrected chi connectivity index (χ1v) is 9.92. The summed E-state index contributed by atoms with van der Waals surface area (Å²) in [5.74, 6) is -1.88. The molecule has 3 rings (SSSR count). The van der Waals surface area contributed by atoms with Gasteiger partial charge in [0.05, 0.1) is 21.8 Å². The topological polar surface area (TPSA) is 49.7 Å². The normalized spacial score (nSPS) is 18.0. The van der Waals surface area contributed by atoms with Gasteiger partial charge in [0.1, 0.15) is 16.5 Å². The third-order valence-corrected chi connectivity index (χ3v) is 6.61. The van der Waals surface area contributed by atoms with Crippen LogP contribution in [0.3, 0.4) is 0 Å². The Balaban J connectivity index is 2.07. The van der Waals surface area contributed by atoms with Crippen LogP contribution >= 0.6 is 23.2 Å². The predicted molar refractivity (Wildman–Crippen MR) is 97.1 cm³/mol. The molecule has 9 heteroatoms. The van der Waals surface area contributed by atoms with Gasteiger partial charge in [0.2, 0.25) is 0 Å². The van der Waals surface area contributed by atoms with Crippen molar-refractivity contribution in [3.63, 3.8) is 0 Å². The van der Waals surface area contributed by atoms with Gasteiger partial charge in [-0.25, -0.2) is 8.78 Å². The van der Waals surface area contributed by atoms with Gasteiger partial charge in [-0.15, -0.1) is 0 Å². The van der Waals surface area contributed by atoms with Crippen LogP contribution in [0.5, 0.6) is 0 Å². The zero-order valence-electron chi connectivity index (χ0n) is 13.6. The lowest BCUT2D eigenvalue weighted by Crippen LogP contribution is -2.39. The van der Waals surface area contributed by atoms with Crippen LogP contribution in [-0.2, 0) is 10.0 Å². The SMILES string of the molecule is CC1CCC(c2ccc(Cl)c(Cl)c2)=NN1S(=O)(=O)c1cc(F)ccc1F. The van der Waals surface area contributed by atoms with Crippen molar-refractivity contribution in [1.29, 1.82) is 0 Å². The monoisotopic (exact) mass is 418 g/mol. The minimum atomic E-state index is -4.35. The molecule has 0 aliphatic carbocycles. The van der Waals surface area contributed by atoms with Gasteiger partial charge in [0.15, 0.2) is 0 Å². The van der Waals surface area contributed by atoms with Crippen molar-refractivity contribution in [2.24, 2.45) is 5.10 Å². The summed E-state index contributed by atoms with van der Waals surface area (Å²) >= 11 is 11.9. The first-order valence-electron chi connectivity index (χ1n) is 7.72. The second-order valence-corrected chi connectivity index (χ2v) is 8.49. The molecule has 138 valence electrons. The van der Waals surface area contributed by atoms with Crippen molar-refractivity contribution in [3.8, 4) is 0 Å². The number of benzene rings is 2. The zero-order chi connectivity index (χ0) is 19.1. The number of rotatable bonds is 3. The highest BCUT2D eigenvalue weighted by molar-refractivity contribution is 7.89.